The molecule has 0 saturated carbocycles. The molecular formula is C25H22N4O5. The molecule has 9 heteroatoms. The third-order valence-electron chi connectivity index (χ3n) is 5.32. The van der Waals surface area contributed by atoms with Gasteiger partial charge in [0.2, 0.25) is 0 Å². The van der Waals surface area contributed by atoms with Crippen molar-refractivity contribution in [3.8, 4) is 0 Å². The Balaban J connectivity index is 1.53. The van der Waals surface area contributed by atoms with Gasteiger partial charge in [-0.2, -0.15) is 0 Å². The molecule has 0 unspecified atom stereocenters. The second-order valence-corrected chi connectivity index (χ2v) is 7.62. The van der Waals surface area contributed by atoms with Gasteiger partial charge in [0, 0.05) is 35.3 Å². The minimum atomic E-state index is -0.607. The van der Waals surface area contributed by atoms with E-state index in [-0.39, 0.29) is 17.1 Å². The van der Waals surface area contributed by atoms with Gasteiger partial charge in [-0.25, -0.2) is 0 Å². The van der Waals surface area contributed by atoms with E-state index in [1.54, 1.807) is 12.1 Å². The lowest BCUT2D eigenvalue weighted by Crippen LogP contribution is -2.35. The van der Waals surface area contributed by atoms with Crippen LogP contribution < -0.4 is 10.6 Å². The molecule has 34 heavy (non-hydrogen) atoms. The van der Waals surface area contributed by atoms with Crippen LogP contribution in [0.3, 0.4) is 0 Å². The number of non-ortho nitro benzene ring substituents is 1. The molecule has 4 aromatic rings. The van der Waals surface area contributed by atoms with E-state index in [0.29, 0.717) is 18.5 Å². The van der Waals surface area contributed by atoms with Crippen LogP contribution >= 0.6 is 0 Å². The lowest BCUT2D eigenvalue weighted by molar-refractivity contribution is -0.384. The molecule has 0 aliphatic carbocycles. The number of nitro benzene ring substituents is 1. The molecule has 172 valence electrons. The van der Waals surface area contributed by atoms with E-state index in [1.165, 1.54) is 36.6 Å². The van der Waals surface area contributed by atoms with E-state index in [0.717, 1.165) is 22.2 Å². The fourth-order valence-corrected chi connectivity index (χ4v) is 3.70. The number of carbonyl (C=O) groups is 2. The molecule has 2 aromatic heterocycles. The molecule has 0 aliphatic rings. The first-order valence-corrected chi connectivity index (χ1v) is 10.6. The van der Waals surface area contributed by atoms with Gasteiger partial charge in [-0.05, 0) is 48.7 Å². The quantitative estimate of drug-likeness (QED) is 0.208. The Kier molecular flexibility index (Phi) is 6.54. The number of carbonyl (C=O) groups excluding carboxylic acids is 2. The summed E-state index contributed by atoms with van der Waals surface area (Å²) >= 11 is 0. The predicted molar refractivity (Wildman–Crippen MR) is 127 cm³/mol. The number of aryl methyl sites for hydroxylation is 1. The molecule has 0 aliphatic heterocycles. The molecule has 2 aromatic carbocycles. The first-order valence-electron chi connectivity index (χ1n) is 10.6. The molecule has 9 nitrogen and oxygen atoms in total. The molecule has 0 saturated heterocycles. The molecule has 2 heterocycles. The Morgan fingerprint density at radius 2 is 1.94 bits per heavy atom. The van der Waals surface area contributed by atoms with Gasteiger partial charge >= 0.3 is 0 Å². The van der Waals surface area contributed by atoms with Crippen molar-refractivity contribution in [2.24, 2.45) is 0 Å². The Morgan fingerprint density at radius 1 is 1.12 bits per heavy atom. The molecule has 3 N–H and O–H groups in total. The minimum Gasteiger partial charge on any atom is -0.459 e. The highest BCUT2D eigenvalue weighted by Crippen LogP contribution is 2.22. The Morgan fingerprint density at radius 3 is 2.71 bits per heavy atom. The lowest BCUT2D eigenvalue weighted by Gasteiger charge is -2.11. The summed E-state index contributed by atoms with van der Waals surface area (Å²) in [6, 6.07) is 16.7. The minimum absolute atomic E-state index is 0.0344. The number of nitrogens with zero attached hydrogens (tertiary/aromatic N) is 1. The summed E-state index contributed by atoms with van der Waals surface area (Å²) in [5.74, 6) is -1.10. The second-order valence-electron chi connectivity index (χ2n) is 7.62. The number of benzene rings is 2. The van der Waals surface area contributed by atoms with Gasteiger partial charge in [-0.3, -0.25) is 19.7 Å². The fourth-order valence-electron chi connectivity index (χ4n) is 3.70. The standard InChI is InChI=1S/C25H22N4O5/c1-16-19(20-8-2-3-9-21(20)27-16)11-12-26-24(30)22(28-25(31)23-10-5-13-34-23)15-17-6-4-7-18(14-17)29(32)33/h2-10,13-15,27H,11-12H2,1H3,(H,26,30)(H,28,31)/b22-15-. The summed E-state index contributed by atoms with van der Waals surface area (Å²) in [6.07, 6.45) is 3.32. The zero-order valence-corrected chi connectivity index (χ0v) is 18.3. The topological polar surface area (TPSA) is 130 Å². The van der Waals surface area contributed by atoms with E-state index in [4.69, 9.17) is 4.42 Å². The number of nitrogens with one attached hydrogen (secondary N) is 3. The number of amides is 2. The van der Waals surface area contributed by atoms with Crippen LogP contribution in [0.5, 0.6) is 0 Å². The summed E-state index contributed by atoms with van der Waals surface area (Å²) in [4.78, 5) is 39.4. The Hall–Kier alpha value is -4.66. The van der Waals surface area contributed by atoms with Crippen molar-refractivity contribution in [1.29, 1.82) is 0 Å². The molecule has 2 amide bonds. The highest BCUT2D eigenvalue weighted by atomic mass is 16.6. The van der Waals surface area contributed by atoms with Crippen molar-refractivity contribution >= 4 is 34.5 Å². The van der Waals surface area contributed by atoms with Crippen LogP contribution in [0.2, 0.25) is 0 Å². The van der Waals surface area contributed by atoms with Crippen molar-refractivity contribution in [1.82, 2.24) is 15.6 Å². The zero-order chi connectivity index (χ0) is 24.1. The van der Waals surface area contributed by atoms with E-state index in [1.807, 2.05) is 31.2 Å². The van der Waals surface area contributed by atoms with Gasteiger partial charge in [-0.15, -0.1) is 0 Å². The molecule has 0 radical (unpaired) electrons. The zero-order valence-electron chi connectivity index (χ0n) is 18.3. The number of aromatic nitrogens is 1. The SMILES string of the molecule is Cc1[nH]c2ccccc2c1CCNC(=O)/C(=C/c1cccc([N+](=O)[O-])c1)NC(=O)c1ccco1. The number of hydrogen-bond acceptors (Lipinski definition) is 5. The van der Waals surface area contributed by atoms with Crippen LogP contribution in [-0.4, -0.2) is 28.3 Å². The van der Waals surface area contributed by atoms with E-state index < -0.39 is 16.7 Å². The summed E-state index contributed by atoms with van der Waals surface area (Å²) < 4.78 is 5.10. The smallest absolute Gasteiger partial charge is 0.291 e. The predicted octanol–water partition coefficient (Wildman–Crippen LogP) is 4.11. The van der Waals surface area contributed by atoms with Crippen LogP contribution in [0.25, 0.3) is 17.0 Å². The number of furan rings is 1. The number of fused-ring (bicyclic) bond motifs is 1. The maximum atomic E-state index is 13.0. The number of hydrogen-bond donors (Lipinski definition) is 3. The van der Waals surface area contributed by atoms with Crippen LogP contribution in [-0.2, 0) is 11.2 Å². The maximum absolute atomic E-state index is 13.0. The molecule has 4 rings (SSSR count). The maximum Gasteiger partial charge on any atom is 0.291 e. The van der Waals surface area contributed by atoms with Gasteiger partial charge in [0.05, 0.1) is 11.2 Å². The van der Waals surface area contributed by atoms with Gasteiger partial charge in [0.1, 0.15) is 5.70 Å². The van der Waals surface area contributed by atoms with Crippen LogP contribution in [0.1, 0.15) is 27.4 Å². The van der Waals surface area contributed by atoms with Crippen LogP contribution in [0, 0.1) is 17.0 Å². The van der Waals surface area contributed by atoms with Crippen molar-refractivity contribution in [2.45, 2.75) is 13.3 Å². The summed E-state index contributed by atoms with van der Waals surface area (Å²) in [5.41, 5.74) is 3.36. The number of rotatable bonds is 8. The number of para-hydroxylation sites is 1. The third kappa shape index (κ3) is 5.04. The number of nitro groups is 1. The first-order chi connectivity index (χ1) is 16.4. The van der Waals surface area contributed by atoms with Crippen molar-refractivity contribution < 1.29 is 18.9 Å². The third-order valence-corrected chi connectivity index (χ3v) is 5.32. The molecule has 0 spiro atoms. The second kappa shape index (κ2) is 9.86. The first kappa shape index (κ1) is 22.5. The average Bonchev–Trinajstić information content (AvgIpc) is 3.47. The Bertz CT molecular complexity index is 1390. The summed E-state index contributed by atoms with van der Waals surface area (Å²) in [6.45, 7) is 2.30. The van der Waals surface area contributed by atoms with Gasteiger partial charge in [-0.1, -0.05) is 30.3 Å². The lowest BCUT2D eigenvalue weighted by atomic mass is 10.1. The number of aromatic amines is 1. The highest BCUT2D eigenvalue weighted by Gasteiger charge is 2.17. The Labute approximate surface area is 194 Å². The average molecular weight is 458 g/mol. The van der Waals surface area contributed by atoms with Crippen LogP contribution in [0.4, 0.5) is 5.69 Å². The molecular weight excluding hydrogens is 436 g/mol. The summed E-state index contributed by atoms with van der Waals surface area (Å²) in [7, 11) is 0. The molecule has 0 fully saturated rings. The van der Waals surface area contributed by atoms with E-state index in [9.17, 15) is 19.7 Å². The van der Waals surface area contributed by atoms with Crippen molar-refractivity contribution in [3.05, 3.63) is 105 Å². The highest BCUT2D eigenvalue weighted by molar-refractivity contribution is 6.04. The van der Waals surface area contributed by atoms with Crippen molar-refractivity contribution in [2.75, 3.05) is 6.54 Å². The summed E-state index contributed by atoms with van der Waals surface area (Å²) in [5, 5.41) is 17.6. The number of H-pyrrole nitrogens is 1. The van der Waals surface area contributed by atoms with E-state index >= 15 is 0 Å². The molecule has 0 atom stereocenters. The van der Waals surface area contributed by atoms with Gasteiger partial charge in [0.25, 0.3) is 17.5 Å². The monoisotopic (exact) mass is 458 g/mol. The normalized spacial score (nSPS) is 11.4. The molecule has 0 bridgehead atoms. The van der Waals surface area contributed by atoms with Gasteiger partial charge in [0.15, 0.2) is 5.76 Å². The van der Waals surface area contributed by atoms with Crippen LogP contribution in [0.15, 0.2) is 77.0 Å². The van der Waals surface area contributed by atoms with E-state index in [2.05, 4.69) is 15.6 Å². The van der Waals surface area contributed by atoms with Gasteiger partial charge < -0.3 is 20.0 Å². The largest absolute Gasteiger partial charge is 0.459 e. The van der Waals surface area contributed by atoms with Crippen molar-refractivity contribution in [3.63, 3.8) is 0 Å². The fraction of sp³-hybridized carbons (Fsp3) is 0.120.